The number of benzene rings is 3. The summed E-state index contributed by atoms with van der Waals surface area (Å²) < 4.78 is 0. The van der Waals surface area contributed by atoms with Gasteiger partial charge in [-0.2, -0.15) is 0 Å². The summed E-state index contributed by atoms with van der Waals surface area (Å²) >= 11 is 6.46. The quantitative estimate of drug-likeness (QED) is 0.0802. The van der Waals surface area contributed by atoms with Crippen LogP contribution in [0.15, 0.2) is 86.6 Å². The Hall–Kier alpha value is -4.24. The van der Waals surface area contributed by atoms with E-state index in [-0.39, 0.29) is 10.8 Å². The number of nitrogens with one attached hydrogen (secondary N) is 3. The van der Waals surface area contributed by atoms with E-state index in [1.807, 2.05) is 45.0 Å². The lowest BCUT2D eigenvalue weighted by molar-refractivity contribution is 0.0945. The summed E-state index contributed by atoms with van der Waals surface area (Å²) in [5.74, 6) is 0.826. The Morgan fingerprint density at radius 3 is 2.18 bits per heavy atom. The molecule has 1 heterocycles. The maximum absolute atomic E-state index is 9.25. The number of hydrogen-bond acceptors (Lipinski definition) is 4. The van der Waals surface area contributed by atoms with E-state index in [1.54, 1.807) is 0 Å². The second kappa shape index (κ2) is 17.3. The van der Waals surface area contributed by atoms with Crippen LogP contribution >= 0.6 is 11.6 Å². The number of nitrogens with zero attached hydrogens (tertiary/aromatic N) is 1. The lowest BCUT2D eigenvalue weighted by atomic mass is 9.63. The Morgan fingerprint density at radius 2 is 1.58 bits per heavy atom. The van der Waals surface area contributed by atoms with Crippen molar-refractivity contribution in [1.82, 2.24) is 15.4 Å². The first-order valence-corrected chi connectivity index (χ1v) is 15.4. The Balaban J connectivity index is 0.00000159. The van der Waals surface area contributed by atoms with Crippen LogP contribution < -0.4 is 10.8 Å². The van der Waals surface area contributed by atoms with Gasteiger partial charge < -0.3 is 10.3 Å². The number of anilines is 1. The fourth-order valence-corrected chi connectivity index (χ4v) is 5.27. The van der Waals surface area contributed by atoms with Crippen molar-refractivity contribution in [2.24, 2.45) is 10.8 Å². The highest BCUT2D eigenvalue weighted by Crippen LogP contribution is 2.45. The molecule has 0 spiro atoms. The van der Waals surface area contributed by atoms with E-state index in [0.717, 1.165) is 56.9 Å². The number of hydrogen-bond donors (Lipinski definition) is 4. The number of allylic oxidation sites excluding steroid dienone is 1. The lowest BCUT2D eigenvalue weighted by Gasteiger charge is -2.42. The van der Waals surface area contributed by atoms with Gasteiger partial charge in [0.05, 0.1) is 16.1 Å². The Bertz CT molecular complexity index is 1610. The van der Waals surface area contributed by atoms with Crippen LogP contribution in [0, 0.1) is 37.5 Å². The van der Waals surface area contributed by atoms with Gasteiger partial charge in [0.2, 0.25) is 0 Å². The third-order valence-corrected chi connectivity index (χ3v) is 8.39. The molecule has 3 aromatic carbocycles. The predicted molar refractivity (Wildman–Crippen MR) is 198 cm³/mol. The number of terminal acetylenes is 1. The normalized spacial score (nSPS) is 10.7. The van der Waals surface area contributed by atoms with E-state index < -0.39 is 0 Å². The third-order valence-electron chi connectivity index (χ3n) is 8.08. The van der Waals surface area contributed by atoms with E-state index in [4.69, 9.17) is 16.6 Å². The van der Waals surface area contributed by atoms with Crippen molar-refractivity contribution < 1.29 is 5.21 Å². The first kappa shape index (κ1) is 38.8. The van der Waals surface area contributed by atoms with Crippen molar-refractivity contribution in [3.63, 3.8) is 0 Å². The second-order valence-corrected chi connectivity index (χ2v) is 12.3. The molecule has 5 nitrogen and oxygen atoms in total. The van der Waals surface area contributed by atoms with Gasteiger partial charge in [-0.05, 0) is 84.5 Å². The molecule has 0 saturated carbocycles. The molecule has 6 heteroatoms. The highest BCUT2D eigenvalue weighted by Gasteiger charge is 2.37. The van der Waals surface area contributed by atoms with Crippen molar-refractivity contribution in [1.29, 1.82) is 0 Å². The molecule has 0 fully saturated rings. The van der Waals surface area contributed by atoms with E-state index in [2.05, 4.69) is 120 Å². The second-order valence-electron chi connectivity index (χ2n) is 11.9. The molecule has 4 N–H and O–H groups in total. The SMILES string of the molecule is C#C.C=C.C=C(CC(C)(C)C(C)(C)Cc1ccc2nc(-c3cc(NC(=C)c4ccc(C)cc4Cl)ccc3C)[nH]c2c1)NO.CC. The number of halogens is 1. The van der Waals surface area contributed by atoms with Gasteiger partial charge in [0.15, 0.2) is 0 Å². The molecule has 0 unspecified atom stereocenters. The smallest absolute Gasteiger partial charge is 0.138 e. The molecule has 0 bridgehead atoms. The molecule has 0 aliphatic carbocycles. The fraction of sp³-hybridized carbons (Fsp3) is 0.308. The van der Waals surface area contributed by atoms with E-state index in [0.29, 0.717) is 17.1 Å². The number of fused-ring (bicyclic) bond motifs is 1. The van der Waals surface area contributed by atoms with Crippen LogP contribution in [0.25, 0.3) is 28.1 Å². The maximum atomic E-state index is 9.25. The topological polar surface area (TPSA) is 73.0 Å². The van der Waals surface area contributed by atoms with Crippen molar-refractivity contribution >= 4 is 34.0 Å². The van der Waals surface area contributed by atoms with Gasteiger partial charge in [-0.15, -0.1) is 26.0 Å². The first-order chi connectivity index (χ1) is 21.3. The van der Waals surface area contributed by atoms with Gasteiger partial charge in [0.1, 0.15) is 5.82 Å². The minimum atomic E-state index is -0.0781. The predicted octanol–water partition coefficient (Wildman–Crippen LogP) is 11.1. The highest BCUT2D eigenvalue weighted by molar-refractivity contribution is 6.32. The third kappa shape index (κ3) is 9.88. The molecular weight excluding hydrogens is 576 g/mol. The van der Waals surface area contributed by atoms with Crippen molar-refractivity contribution in [3.05, 3.63) is 114 Å². The Labute approximate surface area is 276 Å². The summed E-state index contributed by atoms with van der Waals surface area (Å²) in [6.45, 7) is 31.2. The number of hydroxylamine groups is 1. The van der Waals surface area contributed by atoms with E-state index in [1.165, 1.54) is 5.56 Å². The zero-order chi connectivity index (χ0) is 34.5. The summed E-state index contributed by atoms with van der Waals surface area (Å²) in [6.07, 6.45) is 9.56. The Kier molecular flexibility index (Phi) is 14.9. The van der Waals surface area contributed by atoms with Crippen LogP contribution in [0.5, 0.6) is 0 Å². The summed E-state index contributed by atoms with van der Waals surface area (Å²) in [4.78, 5) is 8.46. The van der Waals surface area contributed by atoms with Crippen molar-refractivity contribution in [3.8, 4) is 24.2 Å². The van der Waals surface area contributed by atoms with Crippen LogP contribution in [0.3, 0.4) is 0 Å². The van der Waals surface area contributed by atoms with Crippen LogP contribution in [-0.2, 0) is 6.42 Å². The molecular formula is C39H51ClN4O. The average Bonchev–Trinajstić information content (AvgIpc) is 3.43. The van der Waals surface area contributed by atoms with Crippen LogP contribution in [0.1, 0.15) is 70.2 Å². The molecule has 0 aliphatic rings. The number of aromatic amines is 1. The molecule has 4 rings (SSSR count). The largest absolute Gasteiger partial charge is 0.355 e. The van der Waals surface area contributed by atoms with Crippen molar-refractivity contribution in [2.75, 3.05) is 5.32 Å². The number of aromatic nitrogens is 2. The fourth-order valence-electron chi connectivity index (χ4n) is 4.92. The molecule has 0 amide bonds. The maximum Gasteiger partial charge on any atom is 0.138 e. The monoisotopic (exact) mass is 626 g/mol. The molecule has 0 saturated heterocycles. The summed E-state index contributed by atoms with van der Waals surface area (Å²) in [6, 6.07) is 18.6. The van der Waals surface area contributed by atoms with Gasteiger partial charge >= 0.3 is 0 Å². The van der Waals surface area contributed by atoms with Gasteiger partial charge in [-0.1, -0.05) is 90.6 Å². The highest BCUT2D eigenvalue weighted by atomic mass is 35.5. The minimum absolute atomic E-state index is 0.0390. The number of rotatable bonds is 10. The van der Waals surface area contributed by atoms with Gasteiger partial charge in [0.25, 0.3) is 0 Å². The zero-order valence-corrected chi connectivity index (χ0v) is 29.1. The van der Waals surface area contributed by atoms with E-state index >= 15 is 0 Å². The Morgan fingerprint density at radius 1 is 0.933 bits per heavy atom. The molecule has 240 valence electrons. The summed E-state index contributed by atoms with van der Waals surface area (Å²) in [5, 5.41) is 13.3. The molecule has 0 aliphatic heterocycles. The summed E-state index contributed by atoms with van der Waals surface area (Å²) in [7, 11) is 0. The molecule has 0 atom stereocenters. The number of H-pyrrole nitrogens is 1. The minimum Gasteiger partial charge on any atom is -0.355 e. The summed E-state index contributed by atoms with van der Waals surface area (Å²) in [5.41, 5.74) is 11.7. The van der Waals surface area contributed by atoms with Gasteiger partial charge in [-0.25, -0.2) is 4.98 Å². The first-order valence-electron chi connectivity index (χ1n) is 15.0. The van der Waals surface area contributed by atoms with E-state index in [9.17, 15) is 5.21 Å². The van der Waals surface area contributed by atoms with Gasteiger partial charge in [-0.3, -0.25) is 10.7 Å². The average molecular weight is 627 g/mol. The van der Waals surface area contributed by atoms with Crippen LogP contribution in [-0.4, -0.2) is 15.2 Å². The molecule has 1 aromatic heterocycles. The van der Waals surface area contributed by atoms with Crippen LogP contribution in [0.4, 0.5) is 5.69 Å². The molecule has 4 aromatic rings. The lowest BCUT2D eigenvalue weighted by Crippen LogP contribution is -2.36. The van der Waals surface area contributed by atoms with Crippen molar-refractivity contribution in [2.45, 2.75) is 68.2 Å². The van der Waals surface area contributed by atoms with Gasteiger partial charge in [0, 0.05) is 28.2 Å². The zero-order valence-electron chi connectivity index (χ0n) is 28.4. The number of aryl methyl sites for hydroxylation is 2. The van der Waals surface area contributed by atoms with Crippen LogP contribution in [0.2, 0.25) is 5.02 Å². The standard InChI is InChI=1S/C33H39ClN4O.C2H6.C2H4.C2H2/c1-20-9-13-26(28(34)15-20)23(4)35-25-12-10-21(2)27(17-25)31-36-29-14-11-24(16-30(29)37-31)19-33(7,8)32(5,6)18-22(3)38-39;3*1-2/h9-17,35,38-39H,3-4,18-19H2,1-2,5-8H3,(H,36,37);1-2H3;1-2H2;1-2H. The molecule has 0 radical (unpaired) electrons. The number of imidazole rings is 1. The molecule has 45 heavy (non-hydrogen) atoms.